The van der Waals surface area contributed by atoms with Crippen molar-refractivity contribution in [1.82, 2.24) is 0 Å². The number of fused-ring (bicyclic) bond motifs is 8. The summed E-state index contributed by atoms with van der Waals surface area (Å²) in [6.45, 7) is -1.49. The lowest BCUT2D eigenvalue weighted by atomic mass is 9.85. The van der Waals surface area contributed by atoms with Crippen molar-refractivity contribution >= 4 is 241 Å². The standard InChI is InChI=1S/C128H74N2O14/c131-107(95-49-37-75-21-5-29-91-87-25-1-13-71-17-9-33-99(111(71)87)119(95)115(75)91)65-141-83-57-69(58-84(61-83)142-66-108(132)96-50-38-76-22-6-30-92-88-26-2-14-72-18-10-34-100(112(72)88)120(96)116(76)92)63-139-81-45-41-79(42-46-81)129-125(135)103-53-55-105-124-106(56-54-104(123(103)124)126(129)136)128(138)130(127(105)137)80-43-47-82(48-44-80)140-64-70-59-85(143-67-109(133)97-51-39-77-23-7-31-93-89-27-3-15-73-19-11-35-101(113(73)89)121(97)117(77)93)62-86(60-70)144-68-110(134)98-52-40-78-24-8-32-94-90-28-4-16-74-20-12-36-102(114(74)90)122(98)118(78)94/h1-62H,63-68H2. The molecule has 0 saturated heterocycles. The molecule has 0 spiro atoms. The second-order valence-electron chi connectivity index (χ2n) is 37.4. The predicted octanol–water partition coefficient (Wildman–Crippen LogP) is 28.8. The van der Waals surface area contributed by atoms with Crippen molar-refractivity contribution in [1.29, 1.82) is 0 Å². The maximum Gasteiger partial charge on any atom is 0.265 e. The number of imide groups is 2. The molecule has 2 aliphatic heterocycles. The summed E-state index contributed by atoms with van der Waals surface area (Å²) in [4.78, 5) is 122. The smallest absolute Gasteiger partial charge is 0.265 e. The largest absolute Gasteiger partial charge is 0.489 e. The van der Waals surface area contributed by atoms with Crippen LogP contribution in [0.3, 0.4) is 0 Å². The molecule has 144 heavy (non-hydrogen) atoms. The monoisotopic (exact) mass is 1860 g/mol. The lowest BCUT2D eigenvalue weighted by molar-refractivity contribution is 0.0873. The lowest BCUT2D eigenvalue weighted by Gasteiger charge is -2.32. The first-order valence-electron chi connectivity index (χ1n) is 47.8. The third-order valence-corrected chi connectivity index (χ3v) is 29.5. The van der Waals surface area contributed by atoms with E-state index in [2.05, 4.69) is 170 Å². The van der Waals surface area contributed by atoms with Gasteiger partial charge < -0.3 is 28.4 Å². The molecule has 2 heterocycles. The van der Waals surface area contributed by atoms with Gasteiger partial charge in [0.05, 0.1) is 11.4 Å². The maximum atomic E-state index is 15.0. The molecule has 0 N–H and O–H groups in total. The zero-order chi connectivity index (χ0) is 96.1. The van der Waals surface area contributed by atoms with Crippen LogP contribution in [0.5, 0.6) is 34.5 Å². The molecule has 0 saturated carbocycles. The van der Waals surface area contributed by atoms with Gasteiger partial charge in [0.15, 0.2) is 26.4 Å². The van der Waals surface area contributed by atoms with E-state index >= 15 is 0 Å². The molecule has 16 heteroatoms. The molecule has 0 radical (unpaired) electrons. The van der Waals surface area contributed by atoms with E-state index in [1.54, 1.807) is 84.9 Å². The van der Waals surface area contributed by atoms with Crippen molar-refractivity contribution in [2.75, 3.05) is 36.2 Å². The number of carbonyl (C=O) groups is 8. The second-order valence-corrected chi connectivity index (χ2v) is 37.4. The van der Waals surface area contributed by atoms with E-state index in [-0.39, 0.29) is 130 Å². The van der Waals surface area contributed by atoms with E-state index in [4.69, 9.17) is 28.4 Å². The zero-order valence-corrected chi connectivity index (χ0v) is 76.6. The minimum absolute atomic E-state index is 0.0623. The van der Waals surface area contributed by atoms with Crippen LogP contribution >= 0.6 is 0 Å². The molecule has 16 nitrogen and oxygen atoms in total. The van der Waals surface area contributed by atoms with Gasteiger partial charge in [-0.05, 0) is 259 Å². The van der Waals surface area contributed by atoms with Gasteiger partial charge in [-0.15, -0.1) is 0 Å². The molecule has 0 atom stereocenters. The molecule has 0 aromatic heterocycles. The molecule has 0 bridgehead atoms. The lowest BCUT2D eigenvalue weighted by Crippen LogP contribution is -2.43. The molecule has 26 aromatic rings. The van der Waals surface area contributed by atoms with Gasteiger partial charge in [0.25, 0.3) is 23.6 Å². The van der Waals surface area contributed by atoms with Gasteiger partial charge >= 0.3 is 0 Å². The maximum absolute atomic E-state index is 15.0. The first-order valence-corrected chi connectivity index (χ1v) is 47.8. The number of rotatable bonds is 24. The van der Waals surface area contributed by atoms with Crippen LogP contribution in [0.4, 0.5) is 11.4 Å². The van der Waals surface area contributed by atoms with E-state index in [0.29, 0.717) is 44.9 Å². The highest BCUT2D eigenvalue weighted by Gasteiger charge is 2.42. The average molecular weight is 1860 g/mol. The van der Waals surface area contributed by atoms with E-state index in [9.17, 15) is 38.4 Å². The molecular formula is C128H74N2O14. The Morgan fingerprint density at radius 2 is 0.389 bits per heavy atom. The summed E-state index contributed by atoms with van der Waals surface area (Å²) in [5, 5.41) is 32.8. The molecular weight excluding hydrogens is 1790 g/mol. The van der Waals surface area contributed by atoms with Crippen molar-refractivity contribution in [2.24, 2.45) is 0 Å². The summed E-state index contributed by atoms with van der Waals surface area (Å²) in [5.74, 6) is -1.81. The summed E-state index contributed by atoms with van der Waals surface area (Å²) < 4.78 is 39.1. The van der Waals surface area contributed by atoms with Gasteiger partial charge in [-0.1, -0.05) is 267 Å². The van der Waals surface area contributed by atoms with Crippen LogP contribution in [0.25, 0.3) is 183 Å². The van der Waals surface area contributed by atoms with Crippen molar-refractivity contribution in [3.8, 4) is 34.5 Å². The fourth-order valence-corrected chi connectivity index (χ4v) is 23.3. The fourth-order valence-electron chi connectivity index (χ4n) is 23.3. The van der Waals surface area contributed by atoms with Gasteiger partial charge in [-0.25, -0.2) is 9.80 Å². The Hall–Kier alpha value is -19.1. The Kier molecular flexibility index (Phi) is 18.6. The van der Waals surface area contributed by atoms with Gasteiger partial charge in [0, 0.05) is 89.0 Å². The minimum atomic E-state index is -0.674. The van der Waals surface area contributed by atoms with Gasteiger partial charge in [0.1, 0.15) is 47.7 Å². The van der Waals surface area contributed by atoms with Crippen LogP contribution in [-0.2, 0) is 13.2 Å². The van der Waals surface area contributed by atoms with Crippen LogP contribution in [0.2, 0.25) is 0 Å². The Labute approximate surface area is 818 Å². The molecule has 0 unspecified atom stereocenters. The predicted molar refractivity (Wildman–Crippen MR) is 571 cm³/mol. The number of hydrogen-bond acceptors (Lipinski definition) is 14. The second kappa shape index (κ2) is 32.3. The van der Waals surface area contributed by atoms with E-state index < -0.39 is 23.6 Å². The zero-order valence-electron chi connectivity index (χ0n) is 76.6. The Morgan fingerprint density at radius 3 is 0.618 bits per heavy atom. The number of ketones is 4. The third kappa shape index (κ3) is 12.9. The van der Waals surface area contributed by atoms with Crippen LogP contribution < -0.4 is 38.2 Å². The first kappa shape index (κ1) is 83.1. The highest BCUT2D eigenvalue weighted by Crippen LogP contribution is 2.50. The summed E-state index contributed by atoms with van der Waals surface area (Å²) in [6.07, 6.45) is 0. The molecule has 0 aliphatic carbocycles. The van der Waals surface area contributed by atoms with Gasteiger partial charge in [-0.2, -0.15) is 0 Å². The molecule has 28 rings (SSSR count). The molecule has 4 amide bonds. The number of hydrogen-bond donors (Lipinski definition) is 0. The first-order chi connectivity index (χ1) is 70.7. The van der Waals surface area contributed by atoms with E-state index in [1.807, 2.05) is 97.1 Å². The number of benzene rings is 26. The summed E-state index contributed by atoms with van der Waals surface area (Å²) in [5.41, 5.74) is 4.08. The van der Waals surface area contributed by atoms with Crippen LogP contribution in [-0.4, -0.2) is 73.2 Å². The number of carbonyl (C=O) groups excluding carboxylic acids is 8. The minimum Gasteiger partial charge on any atom is -0.489 e. The van der Waals surface area contributed by atoms with Gasteiger partial charge in [0.2, 0.25) is 23.1 Å². The number of ether oxygens (including phenoxy) is 6. The molecule has 680 valence electrons. The van der Waals surface area contributed by atoms with Crippen LogP contribution in [0.1, 0.15) is 94.0 Å². The third-order valence-electron chi connectivity index (χ3n) is 29.5. The molecule has 2 aliphatic rings. The highest BCUT2D eigenvalue weighted by molar-refractivity contribution is 6.45. The van der Waals surface area contributed by atoms with Crippen LogP contribution in [0.15, 0.2) is 376 Å². The number of nitrogens with zero attached hydrogens (tertiary/aromatic N) is 2. The Bertz CT molecular complexity index is 9080. The Morgan fingerprint density at radius 1 is 0.181 bits per heavy atom. The number of amides is 4. The fraction of sp³-hybridized carbons (Fsp3) is 0.0469. The van der Waals surface area contributed by atoms with E-state index in [1.165, 1.54) is 24.3 Å². The highest BCUT2D eigenvalue weighted by atomic mass is 16.5. The average Bonchev–Trinajstić information content (AvgIpc) is 0.682. The van der Waals surface area contributed by atoms with Crippen LogP contribution in [0, 0.1) is 0 Å². The van der Waals surface area contributed by atoms with Crippen molar-refractivity contribution in [3.05, 3.63) is 432 Å². The summed E-state index contributed by atoms with van der Waals surface area (Å²) in [7, 11) is 0. The molecule has 26 aromatic carbocycles. The quantitative estimate of drug-likeness (QED) is 0.0239. The van der Waals surface area contributed by atoms with Crippen molar-refractivity contribution in [3.63, 3.8) is 0 Å². The SMILES string of the molecule is O=C(COc1cc(COc2ccc(N3C(=O)c4ccc5c6c(ccc(c46)C3=O)C(=O)N(c3ccc(OCc4cc(OCC(=O)c6ccc7cccc8c9cccc%10cccc(c6c78)c%109)cc(OCC(=O)c6ccc7cccc8c9cccc%10cccc(c6c78)c%109)c4)cc3)C5=O)cc2)cc(OCC(=O)c2ccc3cccc4c5cccc6cccc(c2c34)c65)c1)c1ccc2cccc3c4cccc5cccc(c1c23)c54. The number of Topliss-reactive ketones (excluding diaryl/α,β-unsaturated/α-hetero) is 4. The topological polar surface area (TPSA) is 198 Å². The van der Waals surface area contributed by atoms with Crippen molar-refractivity contribution < 1.29 is 66.8 Å². The summed E-state index contributed by atoms with van der Waals surface area (Å²) >= 11 is 0. The molecule has 0 fully saturated rings. The van der Waals surface area contributed by atoms with E-state index in [0.717, 1.165) is 182 Å². The normalized spacial score (nSPS) is 12.9. The number of anilines is 2. The van der Waals surface area contributed by atoms with Crippen molar-refractivity contribution in [2.45, 2.75) is 13.2 Å². The summed E-state index contributed by atoms with van der Waals surface area (Å²) in [6, 6.07) is 119. The van der Waals surface area contributed by atoms with Gasteiger partial charge in [-0.3, -0.25) is 38.4 Å². The Balaban J connectivity index is 0.434.